The molecule has 0 saturated carbocycles. The number of aryl methyl sites for hydroxylation is 1. The van der Waals surface area contributed by atoms with Crippen molar-refractivity contribution < 1.29 is 14.7 Å². The zero-order chi connectivity index (χ0) is 15.6. The second-order valence-corrected chi connectivity index (χ2v) is 6.65. The first-order valence-corrected chi connectivity index (χ1v) is 7.98. The van der Waals surface area contributed by atoms with Crippen molar-refractivity contribution in [1.82, 2.24) is 4.90 Å². The fourth-order valence-corrected chi connectivity index (χ4v) is 3.40. The molecule has 1 aromatic rings. The summed E-state index contributed by atoms with van der Waals surface area (Å²) >= 11 is 3.40. The first-order valence-electron chi connectivity index (χ1n) is 7.18. The number of amides is 1. The third-order valence-corrected chi connectivity index (χ3v) is 4.87. The molecule has 2 rings (SSSR count). The number of rotatable bonds is 4. The molecular weight excluding hydrogens is 334 g/mol. The lowest BCUT2D eigenvalue weighted by atomic mass is 9.83. The topological polar surface area (TPSA) is 57.6 Å². The summed E-state index contributed by atoms with van der Waals surface area (Å²) in [5.41, 5.74) is 0.840. The van der Waals surface area contributed by atoms with Gasteiger partial charge in [-0.15, -0.1) is 0 Å². The Bertz CT molecular complexity index is 573. The van der Waals surface area contributed by atoms with Crippen molar-refractivity contribution in [2.24, 2.45) is 5.41 Å². The molecule has 1 atom stereocenters. The minimum absolute atomic E-state index is 0.0928. The van der Waals surface area contributed by atoms with Crippen LogP contribution in [0.4, 0.5) is 0 Å². The molecule has 1 aromatic carbocycles. The van der Waals surface area contributed by atoms with Crippen LogP contribution in [0.15, 0.2) is 22.7 Å². The van der Waals surface area contributed by atoms with E-state index in [0.29, 0.717) is 31.5 Å². The summed E-state index contributed by atoms with van der Waals surface area (Å²) in [6.07, 6.45) is 1.95. The van der Waals surface area contributed by atoms with Crippen molar-refractivity contribution in [1.29, 1.82) is 0 Å². The van der Waals surface area contributed by atoms with Crippen molar-refractivity contribution in [2.75, 3.05) is 13.1 Å². The third kappa shape index (κ3) is 3.12. The summed E-state index contributed by atoms with van der Waals surface area (Å²) in [4.78, 5) is 25.9. The number of hydrogen-bond acceptors (Lipinski definition) is 2. The number of nitrogens with zero attached hydrogens (tertiary/aromatic N) is 1. The molecule has 1 unspecified atom stereocenters. The fourth-order valence-electron chi connectivity index (χ4n) is 2.98. The average Bonchev–Trinajstić information content (AvgIpc) is 2.87. The van der Waals surface area contributed by atoms with E-state index in [1.807, 2.05) is 32.0 Å². The molecule has 5 heteroatoms. The SMILES string of the molecule is CCCC1(C(=O)O)CCN(C(=O)c2cc(C)ccc2Br)C1. The van der Waals surface area contributed by atoms with Gasteiger partial charge in [0.2, 0.25) is 0 Å². The second-order valence-electron chi connectivity index (χ2n) is 5.80. The van der Waals surface area contributed by atoms with Gasteiger partial charge in [0, 0.05) is 17.6 Å². The fraction of sp³-hybridized carbons (Fsp3) is 0.500. The number of carboxylic acids is 1. The minimum Gasteiger partial charge on any atom is -0.481 e. The van der Waals surface area contributed by atoms with E-state index < -0.39 is 11.4 Å². The summed E-state index contributed by atoms with van der Waals surface area (Å²) in [5.74, 6) is -0.882. The van der Waals surface area contributed by atoms with E-state index in [4.69, 9.17) is 0 Å². The second kappa shape index (κ2) is 6.18. The Labute approximate surface area is 133 Å². The normalized spacial score (nSPS) is 21.6. The predicted octanol–water partition coefficient (Wildman–Crippen LogP) is 3.47. The van der Waals surface area contributed by atoms with Crippen LogP contribution < -0.4 is 0 Å². The van der Waals surface area contributed by atoms with Crippen LogP contribution in [0.25, 0.3) is 0 Å². The van der Waals surface area contributed by atoms with Gasteiger partial charge in [-0.05, 0) is 47.8 Å². The van der Waals surface area contributed by atoms with Gasteiger partial charge in [0.15, 0.2) is 0 Å². The van der Waals surface area contributed by atoms with Crippen LogP contribution in [0.5, 0.6) is 0 Å². The van der Waals surface area contributed by atoms with Crippen molar-refractivity contribution in [3.8, 4) is 0 Å². The van der Waals surface area contributed by atoms with E-state index in [-0.39, 0.29) is 5.91 Å². The van der Waals surface area contributed by atoms with Gasteiger partial charge in [-0.3, -0.25) is 9.59 Å². The zero-order valence-corrected chi connectivity index (χ0v) is 13.9. The molecule has 1 saturated heterocycles. The molecule has 0 spiro atoms. The lowest BCUT2D eigenvalue weighted by Crippen LogP contribution is -2.37. The van der Waals surface area contributed by atoms with Crippen molar-refractivity contribution in [2.45, 2.75) is 33.1 Å². The highest BCUT2D eigenvalue weighted by Gasteiger charge is 2.45. The zero-order valence-electron chi connectivity index (χ0n) is 12.4. The number of likely N-dealkylation sites (tertiary alicyclic amines) is 1. The van der Waals surface area contributed by atoms with E-state index in [1.165, 1.54) is 0 Å². The number of carboxylic acid groups (broad SMARTS) is 1. The molecule has 1 aliphatic rings. The minimum atomic E-state index is -0.789. The summed E-state index contributed by atoms with van der Waals surface area (Å²) < 4.78 is 0.751. The third-order valence-electron chi connectivity index (χ3n) is 4.18. The smallest absolute Gasteiger partial charge is 0.311 e. The van der Waals surface area contributed by atoms with Gasteiger partial charge in [-0.2, -0.15) is 0 Å². The van der Waals surface area contributed by atoms with E-state index in [1.54, 1.807) is 4.90 Å². The Hall–Kier alpha value is -1.36. The van der Waals surface area contributed by atoms with Gasteiger partial charge in [-0.1, -0.05) is 25.0 Å². The molecule has 4 nitrogen and oxygen atoms in total. The standard InChI is InChI=1S/C16H20BrNO3/c1-3-6-16(15(20)21)7-8-18(10-16)14(19)12-9-11(2)4-5-13(12)17/h4-5,9H,3,6-8,10H2,1-2H3,(H,20,21). The van der Waals surface area contributed by atoms with Crippen LogP contribution in [0.2, 0.25) is 0 Å². The van der Waals surface area contributed by atoms with E-state index in [0.717, 1.165) is 16.5 Å². The quantitative estimate of drug-likeness (QED) is 0.901. The maximum absolute atomic E-state index is 12.6. The molecule has 0 bridgehead atoms. The number of carbonyl (C=O) groups excluding carboxylic acids is 1. The van der Waals surface area contributed by atoms with Crippen molar-refractivity contribution >= 4 is 27.8 Å². The highest BCUT2D eigenvalue weighted by Crippen LogP contribution is 2.36. The van der Waals surface area contributed by atoms with Gasteiger partial charge < -0.3 is 10.0 Å². The highest BCUT2D eigenvalue weighted by molar-refractivity contribution is 9.10. The first-order chi connectivity index (χ1) is 9.89. The van der Waals surface area contributed by atoms with Crippen LogP contribution in [-0.4, -0.2) is 35.0 Å². The summed E-state index contributed by atoms with van der Waals surface area (Å²) in [6, 6.07) is 5.63. The molecule has 21 heavy (non-hydrogen) atoms. The first kappa shape index (κ1) is 16.0. The summed E-state index contributed by atoms with van der Waals surface area (Å²) in [6.45, 7) is 4.72. The van der Waals surface area contributed by atoms with Crippen LogP contribution in [-0.2, 0) is 4.79 Å². The van der Waals surface area contributed by atoms with Crippen LogP contribution >= 0.6 is 15.9 Å². The number of benzene rings is 1. The predicted molar refractivity (Wildman–Crippen MR) is 84.4 cm³/mol. The number of hydrogen-bond donors (Lipinski definition) is 1. The van der Waals surface area contributed by atoms with Crippen molar-refractivity contribution in [3.63, 3.8) is 0 Å². The van der Waals surface area contributed by atoms with Gasteiger partial charge in [-0.25, -0.2) is 0 Å². The molecule has 1 amide bonds. The van der Waals surface area contributed by atoms with Gasteiger partial charge in [0.25, 0.3) is 5.91 Å². The largest absolute Gasteiger partial charge is 0.481 e. The van der Waals surface area contributed by atoms with Crippen molar-refractivity contribution in [3.05, 3.63) is 33.8 Å². The maximum Gasteiger partial charge on any atom is 0.311 e. The van der Waals surface area contributed by atoms with E-state index in [2.05, 4.69) is 15.9 Å². The molecular formula is C16H20BrNO3. The highest BCUT2D eigenvalue weighted by atomic mass is 79.9. The average molecular weight is 354 g/mol. The van der Waals surface area contributed by atoms with E-state index in [9.17, 15) is 14.7 Å². The Morgan fingerprint density at radius 3 is 2.76 bits per heavy atom. The van der Waals surface area contributed by atoms with Gasteiger partial charge >= 0.3 is 5.97 Å². The number of halogens is 1. The van der Waals surface area contributed by atoms with Crippen LogP contribution in [0, 0.1) is 12.3 Å². The molecule has 1 heterocycles. The van der Waals surface area contributed by atoms with Crippen LogP contribution in [0.3, 0.4) is 0 Å². The number of carbonyl (C=O) groups is 2. The molecule has 1 aliphatic heterocycles. The number of aliphatic carboxylic acids is 1. The Morgan fingerprint density at radius 1 is 1.43 bits per heavy atom. The monoisotopic (exact) mass is 353 g/mol. The molecule has 0 aliphatic carbocycles. The lowest BCUT2D eigenvalue weighted by Gasteiger charge is -2.24. The van der Waals surface area contributed by atoms with Crippen LogP contribution in [0.1, 0.15) is 42.1 Å². The molecule has 0 aromatic heterocycles. The molecule has 1 fully saturated rings. The maximum atomic E-state index is 12.6. The molecule has 0 radical (unpaired) electrons. The molecule has 114 valence electrons. The molecule has 1 N–H and O–H groups in total. The van der Waals surface area contributed by atoms with Gasteiger partial charge in [0.1, 0.15) is 0 Å². The van der Waals surface area contributed by atoms with E-state index >= 15 is 0 Å². The Balaban J connectivity index is 2.22. The summed E-state index contributed by atoms with van der Waals surface area (Å²) in [7, 11) is 0. The summed E-state index contributed by atoms with van der Waals surface area (Å²) in [5, 5.41) is 9.52. The Morgan fingerprint density at radius 2 is 2.14 bits per heavy atom. The van der Waals surface area contributed by atoms with Gasteiger partial charge in [0.05, 0.1) is 11.0 Å². The lowest BCUT2D eigenvalue weighted by molar-refractivity contribution is -0.148. The Kier molecular flexibility index (Phi) is 4.71.